The van der Waals surface area contributed by atoms with Crippen LogP contribution in [0, 0.1) is 0 Å². The second kappa shape index (κ2) is 10.1. The Morgan fingerprint density at radius 2 is 2.00 bits per heavy atom. The summed E-state index contributed by atoms with van der Waals surface area (Å²) >= 11 is 6.44. The molecule has 0 spiro atoms. The summed E-state index contributed by atoms with van der Waals surface area (Å²) in [4.78, 5) is 19.1. The van der Waals surface area contributed by atoms with E-state index in [0.717, 1.165) is 35.8 Å². The number of aromatic nitrogens is 2. The van der Waals surface area contributed by atoms with Crippen LogP contribution in [0.25, 0.3) is 0 Å². The molecule has 0 aliphatic carbocycles. The quantitative estimate of drug-likeness (QED) is 0.599. The second-order valence-electron chi connectivity index (χ2n) is 7.03. The number of hydrogen-bond donors (Lipinski definition) is 0. The van der Waals surface area contributed by atoms with Crippen LogP contribution in [0.2, 0.25) is 5.02 Å². The number of hydrogen-bond acceptors (Lipinski definition) is 5. The van der Waals surface area contributed by atoms with E-state index in [2.05, 4.69) is 50.6 Å². The third-order valence-corrected chi connectivity index (χ3v) is 5.22. The Bertz CT molecular complexity index is 839. The minimum Gasteiger partial charge on any atom is -0.370 e. The van der Waals surface area contributed by atoms with Crippen LogP contribution < -0.4 is 4.90 Å². The smallest absolute Gasteiger partial charge is 0.149 e. The Balaban J connectivity index is 1.62. The van der Waals surface area contributed by atoms with Crippen LogP contribution >= 0.6 is 11.6 Å². The molecule has 0 amide bonds. The van der Waals surface area contributed by atoms with Gasteiger partial charge in [-0.3, -0.25) is 9.98 Å². The van der Waals surface area contributed by atoms with Gasteiger partial charge in [-0.05, 0) is 61.2 Å². The third-order valence-electron chi connectivity index (χ3n) is 4.90. The first-order valence-electron chi connectivity index (χ1n) is 9.62. The molecule has 0 radical (unpaired) electrons. The van der Waals surface area contributed by atoms with Gasteiger partial charge >= 0.3 is 0 Å². The zero-order valence-electron chi connectivity index (χ0n) is 16.3. The van der Waals surface area contributed by atoms with Gasteiger partial charge in [0.1, 0.15) is 5.82 Å². The molecular weight excluding hydrogens is 370 g/mol. The minimum absolute atomic E-state index is 0.364. The lowest BCUT2D eigenvalue weighted by molar-refractivity contribution is 0.746. The average Bonchev–Trinajstić information content (AvgIpc) is 3.24. The van der Waals surface area contributed by atoms with E-state index in [1.807, 2.05) is 18.5 Å². The fourth-order valence-corrected chi connectivity index (χ4v) is 3.61. The molecule has 0 N–H and O–H groups in total. The van der Waals surface area contributed by atoms with E-state index in [9.17, 15) is 0 Å². The maximum atomic E-state index is 6.44. The Kier molecular flexibility index (Phi) is 7.31. The minimum atomic E-state index is 0.364. The summed E-state index contributed by atoms with van der Waals surface area (Å²) in [5, 5.41) is 0.838. The summed E-state index contributed by atoms with van der Waals surface area (Å²) in [7, 11) is 0. The first-order chi connectivity index (χ1) is 13.7. The molecule has 1 aromatic carbocycles. The van der Waals surface area contributed by atoms with Gasteiger partial charge in [-0.1, -0.05) is 24.6 Å². The molecule has 1 fully saturated rings. The summed E-state index contributed by atoms with van der Waals surface area (Å²) in [6, 6.07) is 6.39. The molecule has 0 bridgehead atoms. The predicted molar refractivity (Wildman–Crippen MR) is 118 cm³/mol. The highest BCUT2D eigenvalue weighted by Gasteiger charge is 2.17. The first kappa shape index (κ1) is 20.2. The van der Waals surface area contributed by atoms with Crippen molar-refractivity contribution >= 4 is 30.2 Å². The lowest BCUT2D eigenvalue weighted by Gasteiger charge is -2.21. The molecule has 2 heterocycles. The molecule has 1 atom stereocenters. The molecule has 1 unspecified atom stereocenters. The van der Waals surface area contributed by atoms with Crippen LogP contribution in [0.1, 0.15) is 42.6 Å². The second-order valence-corrected chi connectivity index (χ2v) is 7.44. The number of aliphatic imine (C=N–C) groups is 2. The normalized spacial score (nSPS) is 15.6. The van der Waals surface area contributed by atoms with Crippen molar-refractivity contribution in [2.45, 2.75) is 38.6 Å². The van der Waals surface area contributed by atoms with Gasteiger partial charge in [0.15, 0.2) is 0 Å². The number of allylic oxidation sites excluding steroid dienone is 1. The molecule has 3 rings (SSSR count). The highest BCUT2D eigenvalue weighted by molar-refractivity contribution is 6.33. The molecular formula is C22H26ClN5. The summed E-state index contributed by atoms with van der Waals surface area (Å²) < 4.78 is 0. The molecule has 1 aliphatic heterocycles. The van der Waals surface area contributed by atoms with Crippen molar-refractivity contribution < 1.29 is 0 Å². The first-order valence-corrected chi connectivity index (χ1v) is 10.00. The van der Waals surface area contributed by atoms with Crippen molar-refractivity contribution in [3.05, 3.63) is 64.8 Å². The van der Waals surface area contributed by atoms with Crippen molar-refractivity contribution in [2.75, 3.05) is 18.0 Å². The lowest BCUT2D eigenvalue weighted by atomic mass is 9.94. The summed E-state index contributed by atoms with van der Waals surface area (Å²) in [5.41, 5.74) is 3.57. The largest absolute Gasteiger partial charge is 0.370 e. The van der Waals surface area contributed by atoms with Gasteiger partial charge in [0.25, 0.3) is 0 Å². The SMILES string of the molecule is C=N/C=C\C=N/Cc1ncc(CC(C)c2ccc(Cl)c(N3CCCC3)c2)cn1. The van der Waals surface area contributed by atoms with Gasteiger partial charge in [-0.2, -0.15) is 0 Å². The standard InChI is InChI=1S/C22H26ClN5/c1-17(19-6-7-20(23)21(13-19)28-10-3-4-11-28)12-18-14-26-22(27-15-18)16-25-9-5-8-24-2/h5-9,13-15,17H,2-4,10-12,16H2,1H3/b8-5-,25-9-. The van der Waals surface area contributed by atoms with E-state index in [0.29, 0.717) is 18.3 Å². The monoisotopic (exact) mass is 395 g/mol. The van der Waals surface area contributed by atoms with E-state index in [1.165, 1.54) is 18.4 Å². The molecule has 28 heavy (non-hydrogen) atoms. The number of anilines is 1. The summed E-state index contributed by atoms with van der Waals surface area (Å²) in [6.07, 6.45) is 12.1. The van der Waals surface area contributed by atoms with Crippen molar-refractivity contribution in [1.29, 1.82) is 0 Å². The number of nitrogens with zero attached hydrogens (tertiary/aromatic N) is 5. The van der Waals surface area contributed by atoms with E-state index in [4.69, 9.17) is 11.6 Å². The van der Waals surface area contributed by atoms with E-state index in [1.54, 1.807) is 18.5 Å². The van der Waals surface area contributed by atoms with Gasteiger partial charge in [-0.15, -0.1) is 0 Å². The Hall–Kier alpha value is -2.53. The maximum absolute atomic E-state index is 6.44. The van der Waals surface area contributed by atoms with Gasteiger partial charge in [0, 0.05) is 37.9 Å². The topological polar surface area (TPSA) is 53.7 Å². The van der Waals surface area contributed by atoms with E-state index < -0.39 is 0 Å². The van der Waals surface area contributed by atoms with Crippen LogP contribution in [-0.2, 0) is 13.0 Å². The molecule has 1 aliphatic rings. The molecule has 146 valence electrons. The third kappa shape index (κ3) is 5.49. The van der Waals surface area contributed by atoms with Crippen LogP contribution in [0.15, 0.2) is 52.9 Å². The lowest BCUT2D eigenvalue weighted by Crippen LogP contribution is -2.18. The average molecular weight is 396 g/mol. The van der Waals surface area contributed by atoms with E-state index >= 15 is 0 Å². The highest BCUT2D eigenvalue weighted by atomic mass is 35.5. The fourth-order valence-electron chi connectivity index (χ4n) is 3.37. The van der Waals surface area contributed by atoms with Gasteiger partial charge in [0.2, 0.25) is 0 Å². The Morgan fingerprint density at radius 1 is 1.25 bits per heavy atom. The predicted octanol–water partition coefficient (Wildman–Crippen LogP) is 4.86. The molecule has 0 saturated carbocycles. The number of benzene rings is 1. The number of halogens is 1. The maximum Gasteiger partial charge on any atom is 0.149 e. The summed E-state index contributed by atoms with van der Waals surface area (Å²) in [5.74, 6) is 1.07. The molecule has 2 aromatic rings. The number of rotatable bonds is 8. The van der Waals surface area contributed by atoms with Crippen LogP contribution in [-0.4, -0.2) is 36.0 Å². The van der Waals surface area contributed by atoms with Gasteiger partial charge in [0.05, 0.1) is 17.3 Å². The fraction of sp³-hybridized carbons (Fsp3) is 0.364. The van der Waals surface area contributed by atoms with Crippen molar-refractivity contribution in [2.24, 2.45) is 9.98 Å². The van der Waals surface area contributed by atoms with Gasteiger partial charge < -0.3 is 4.90 Å². The summed E-state index contributed by atoms with van der Waals surface area (Å²) in [6.45, 7) is 8.24. The molecule has 5 nitrogen and oxygen atoms in total. The highest BCUT2D eigenvalue weighted by Crippen LogP contribution is 2.32. The van der Waals surface area contributed by atoms with Crippen molar-refractivity contribution in [1.82, 2.24) is 9.97 Å². The Labute approximate surface area is 171 Å². The zero-order valence-corrected chi connectivity index (χ0v) is 17.0. The van der Waals surface area contributed by atoms with E-state index in [-0.39, 0.29) is 0 Å². The zero-order chi connectivity index (χ0) is 19.8. The van der Waals surface area contributed by atoms with Crippen LogP contribution in [0.5, 0.6) is 0 Å². The van der Waals surface area contributed by atoms with Crippen LogP contribution in [0.3, 0.4) is 0 Å². The van der Waals surface area contributed by atoms with Crippen LogP contribution in [0.4, 0.5) is 5.69 Å². The van der Waals surface area contributed by atoms with Gasteiger partial charge in [-0.25, -0.2) is 9.97 Å². The van der Waals surface area contributed by atoms with Crippen molar-refractivity contribution in [3.8, 4) is 0 Å². The molecule has 6 heteroatoms. The molecule has 1 saturated heterocycles. The Morgan fingerprint density at radius 3 is 2.71 bits per heavy atom. The molecule has 1 aromatic heterocycles. The van der Waals surface area contributed by atoms with Crippen molar-refractivity contribution in [3.63, 3.8) is 0 Å².